The number of alkyl halides is 2. The SMILES string of the molecule is NC(=O)CN(C1CCCC1)S(=O)(=O)c1ccc(OC(F)F)c(Cl)c1. The van der Waals surface area contributed by atoms with Crippen LogP contribution >= 0.6 is 11.6 Å². The van der Waals surface area contributed by atoms with Gasteiger partial charge < -0.3 is 10.5 Å². The minimum atomic E-state index is -4.04. The molecule has 24 heavy (non-hydrogen) atoms. The molecule has 0 bridgehead atoms. The van der Waals surface area contributed by atoms with Crippen molar-refractivity contribution in [3.05, 3.63) is 23.2 Å². The number of rotatable bonds is 7. The van der Waals surface area contributed by atoms with Crippen LogP contribution in [0.1, 0.15) is 25.7 Å². The molecule has 0 saturated heterocycles. The Morgan fingerprint density at radius 2 is 2.00 bits per heavy atom. The van der Waals surface area contributed by atoms with E-state index in [0.717, 1.165) is 35.3 Å². The van der Waals surface area contributed by atoms with Crippen LogP contribution in [-0.2, 0) is 14.8 Å². The summed E-state index contributed by atoms with van der Waals surface area (Å²) in [5, 5.41) is -0.262. The lowest BCUT2D eigenvalue weighted by Gasteiger charge is -2.27. The number of carbonyl (C=O) groups is 1. The summed E-state index contributed by atoms with van der Waals surface area (Å²) < 4.78 is 55.4. The largest absolute Gasteiger partial charge is 0.433 e. The number of hydrogen-bond donors (Lipinski definition) is 1. The van der Waals surface area contributed by atoms with E-state index >= 15 is 0 Å². The van der Waals surface area contributed by atoms with E-state index in [9.17, 15) is 22.0 Å². The topological polar surface area (TPSA) is 89.7 Å². The number of carbonyl (C=O) groups excluding carboxylic acids is 1. The van der Waals surface area contributed by atoms with Crippen molar-refractivity contribution in [2.45, 2.75) is 43.2 Å². The van der Waals surface area contributed by atoms with Gasteiger partial charge in [0.1, 0.15) is 5.75 Å². The van der Waals surface area contributed by atoms with E-state index < -0.39 is 29.1 Å². The number of hydrogen-bond acceptors (Lipinski definition) is 4. The van der Waals surface area contributed by atoms with E-state index in [1.165, 1.54) is 0 Å². The van der Waals surface area contributed by atoms with Crippen molar-refractivity contribution in [1.82, 2.24) is 4.31 Å². The second kappa shape index (κ2) is 7.62. The molecule has 0 unspecified atom stereocenters. The second-order valence-corrected chi connectivity index (χ2v) is 7.72. The average molecular weight is 383 g/mol. The Balaban J connectivity index is 2.35. The number of ether oxygens (including phenoxy) is 1. The van der Waals surface area contributed by atoms with Gasteiger partial charge in [0.15, 0.2) is 0 Å². The monoisotopic (exact) mass is 382 g/mol. The molecule has 1 saturated carbocycles. The molecular formula is C14H17ClF2N2O4S. The summed E-state index contributed by atoms with van der Waals surface area (Å²) in [7, 11) is -4.04. The Morgan fingerprint density at radius 1 is 1.38 bits per heavy atom. The highest BCUT2D eigenvalue weighted by atomic mass is 35.5. The second-order valence-electron chi connectivity index (χ2n) is 5.43. The van der Waals surface area contributed by atoms with Gasteiger partial charge >= 0.3 is 6.61 Å². The van der Waals surface area contributed by atoms with Crippen LogP contribution in [0.4, 0.5) is 8.78 Å². The summed E-state index contributed by atoms with van der Waals surface area (Å²) in [5.41, 5.74) is 5.17. The number of primary amides is 1. The first kappa shape index (κ1) is 18.9. The molecular weight excluding hydrogens is 366 g/mol. The van der Waals surface area contributed by atoms with Crippen molar-refractivity contribution in [2.24, 2.45) is 5.73 Å². The zero-order valence-corrected chi connectivity index (χ0v) is 14.2. The van der Waals surface area contributed by atoms with Crippen molar-refractivity contribution in [3.8, 4) is 5.75 Å². The minimum absolute atomic E-state index is 0.206. The van der Waals surface area contributed by atoms with Crippen molar-refractivity contribution >= 4 is 27.5 Å². The quantitative estimate of drug-likeness (QED) is 0.783. The first-order valence-corrected chi connectivity index (χ1v) is 9.08. The van der Waals surface area contributed by atoms with Gasteiger partial charge in [-0.3, -0.25) is 4.79 Å². The summed E-state index contributed by atoms with van der Waals surface area (Å²) >= 11 is 5.82. The lowest BCUT2D eigenvalue weighted by molar-refractivity contribution is -0.118. The van der Waals surface area contributed by atoms with Gasteiger partial charge in [-0.25, -0.2) is 8.42 Å². The smallest absolute Gasteiger partial charge is 0.387 e. The van der Waals surface area contributed by atoms with Gasteiger partial charge in [-0.1, -0.05) is 24.4 Å². The van der Waals surface area contributed by atoms with Crippen LogP contribution in [-0.4, -0.2) is 37.8 Å². The van der Waals surface area contributed by atoms with Crippen LogP contribution < -0.4 is 10.5 Å². The number of sulfonamides is 1. The molecule has 0 atom stereocenters. The maximum absolute atomic E-state index is 12.8. The highest BCUT2D eigenvalue weighted by Crippen LogP contribution is 2.32. The number of benzene rings is 1. The highest BCUT2D eigenvalue weighted by Gasteiger charge is 2.34. The van der Waals surface area contributed by atoms with Gasteiger partial charge in [-0.2, -0.15) is 13.1 Å². The van der Waals surface area contributed by atoms with Crippen molar-refractivity contribution in [1.29, 1.82) is 0 Å². The number of halogens is 3. The van der Waals surface area contributed by atoms with Gasteiger partial charge in [0.2, 0.25) is 15.9 Å². The van der Waals surface area contributed by atoms with Gasteiger partial charge in [0.25, 0.3) is 0 Å². The Bertz CT molecular complexity index is 709. The van der Waals surface area contributed by atoms with Gasteiger partial charge in [-0.15, -0.1) is 0 Å². The fourth-order valence-corrected chi connectivity index (χ4v) is 4.69. The number of nitrogens with zero attached hydrogens (tertiary/aromatic N) is 1. The summed E-state index contributed by atoms with van der Waals surface area (Å²) in [6.45, 7) is -3.52. The third-order valence-corrected chi connectivity index (χ3v) is 5.96. The standard InChI is InChI=1S/C14H17ClF2N2O4S/c15-11-7-10(5-6-12(11)23-14(16)17)24(21,22)19(8-13(18)20)9-3-1-2-4-9/h5-7,9,14H,1-4,8H2,(H2,18,20). The molecule has 0 aromatic heterocycles. The first-order chi connectivity index (χ1) is 11.2. The van der Waals surface area contributed by atoms with Crippen molar-refractivity contribution < 1.29 is 26.7 Å². The van der Waals surface area contributed by atoms with Crippen LogP contribution in [0.15, 0.2) is 23.1 Å². The average Bonchev–Trinajstić information content (AvgIpc) is 2.99. The van der Waals surface area contributed by atoms with Crippen LogP contribution in [0.3, 0.4) is 0 Å². The lowest BCUT2D eigenvalue weighted by atomic mass is 10.2. The normalized spacial score (nSPS) is 16.0. The first-order valence-electron chi connectivity index (χ1n) is 7.26. The van der Waals surface area contributed by atoms with E-state index in [2.05, 4.69) is 4.74 Å². The molecule has 1 aliphatic carbocycles. The Labute approximate surface area is 143 Å². The molecule has 1 fully saturated rings. The third kappa shape index (κ3) is 4.34. The molecule has 1 amide bonds. The molecule has 134 valence electrons. The minimum Gasteiger partial charge on any atom is -0.433 e. The summed E-state index contributed by atoms with van der Waals surface area (Å²) in [5.74, 6) is -1.10. The van der Waals surface area contributed by atoms with Crippen LogP contribution in [0.2, 0.25) is 5.02 Å². The zero-order valence-electron chi connectivity index (χ0n) is 12.6. The summed E-state index contributed by atoms with van der Waals surface area (Å²) in [6, 6.07) is 2.87. The Hall–Kier alpha value is -1.45. The molecule has 0 heterocycles. The summed E-state index contributed by atoms with van der Waals surface area (Å²) in [6.07, 6.45) is 2.98. The predicted octanol–water partition coefficient (Wildman–Crippen LogP) is 2.36. The van der Waals surface area contributed by atoms with E-state index in [1.54, 1.807) is 0 Å². The van der Waals surface area contributed by atoms with Crippen molar-refractivity contribution in [3.63, 3.8) is 0 Å². The van der Waals surface area contributed by atoms with Crippen LogP contribution in [0.5, 0.6) is 5.75 Å². The van der Waals surface area contributed by atoms with E-state index in [1.807, 2.05) is 0 Å². The van der Waals surface area contributed by atoms with Crippen molar-refractivity contribution in [2.75, 3.05) is 6.54 Å². The van der Waals surface area contributed by atoms with E-state index in [-0.39, 0.29) is 21.7 Å². The molecule has 6 nitrogen and oxygen atoms in total. The highest BCUT2D eigenvalue weighted by molar-refractivity contribution is 7.89. The van der Waals surface area contributed by atoms with E-state index in [4.69, 9.17) is 17.3 Å². The molecule has 2 rings (SSSR count). The maximum atomic E-state index is 12.8. The number of nitrogens with two attached hydrogens (primary N) is 1. The zero-order chi connectivity index (χ0) is 17.9. The molecule has 1 aromatic rings. The summed E-state index contributed by atoms with van der Waals surface area (Å²) in [4.78, 5) is 11.1. The fourth-order valence-electron chi connectivity index (χ4n) is 2.73. The molecule has 10 heteroatoms. The molecule has 0 aliphatic heterocycles. The van der Waals surface area contributed by atoms with E-state index in [0.29, 0.717) is 12.8 Å². The molecule has 1 aromatic carbocycles. The van der Waals surface area contributed by atoms with Crippen LogP contribution in [0, 0.1) is 0 Å². The molecule has 0 spiro atoms. The molecule has 2 N–H and O–H groups in total. The fraction of sp³-hybridized carbons (Fsp3) is 0.500. The van der Waals surface area contributed by atoms with Gasteiger partial charge in [0, 0.05) is 6.04 Å². The lowest BCUT2D eigenvalue weighted by Crippen LogP contribution is -2.44. The molecule has 0 radical (unpaired) electrons. The van der Waals surface area contributed by atoms with Gasteiger partial charge in [0.05, 0.1) is 16.5 Å². The Morgan fingerprint density at radius 3 is 2.50 bits per heavy atom. The predicted molar refractivity (Wildman–Crippen MR) is 83.4 cm³/mol. The maximum Gasteiger partial charge on any atom is 0.387 e. The molecule has 1 aliphatic rings. The number of amides is 1. The Kier molecular flexibility index (Phi) is 6.00. The van der Waals surface area contributed by atoms with Gasteiger partial charge in [-0.05, 0) is 31.0 Å². The van der Waals surface area contributed by atoms with Crippen LogP contribution in [0.25, 0.3) is 0 Å². The third-order valence-electron chi connectivity index (χ3n) is 3.77.